The van der Waals surface area contributed by atoms with E-state index in [-0.39, 0.29) is 0 Å². The Hall–Kier alpha value is -1.96. The molecule has 0 N–H and O–H groups in total. The first-order valence-electron chi connectivity index (χ1n) is 6.50. The van der Waals surface area contributed by atoms with E-state index in [1.807, 2.05) is 42.5 Å². The normalized spacial score (nSPS) is 14.8. The molecule has 2 nitrogen and oxygen atoms in total. The monoisotopic (exact) mass is 239 g/mol. The number of para-hydroxylation sites is 1. The quantitative estimate of drug-likeness (QED) is 0.800. The lowest BCUT2D eigenvalue weighted by Gasteiger charge is -2.17. The SMILES string of the molecule is c1ccc(Oc2ccc(N3CCCC3)cc2)cc1. The first kappa shape index (κ1) is 11.1. The maximum absolute atomic E-state index is 5.78. The molecular formula is C16H17NO. The van der Waals surface area contributed by atoms with Crippen LogP contribution in [0.3, 0.4) is 0 Å². The van der Waals surface area contributed by atoms with Crippen LogP contribution in [0.15, 0.2) is 54.6 Å². The number of hydrogen-bond donors (Lipinski definition) is 0. The van der Waals surface area contributed by atoms with Gasteiger partial charge in [0.2, 0.25) is 0 Å². The maximum atomic E-state index is 5.78. The molecule has 0 atom stereocenters. The van der Waals surface area contributed by atoms with Crippen molar-refractivity contribution < 1.29 is 4.74 Å². The molecule has 1 heterocycles. The molecule has 18 heavy (non-hydrogen) atoms. The third-order valence-electron chi connectivity index (χ3n) is 3.29. The van der Waals surface area contributed by atoms with Crippen molar-refractivity contribution in [3.8, 4) is 11.5 Å². The van der Waals surface area contributed by atoms with Gasteiger partial charge in [0, 0.05) is 18.8 Å². The molecule has 92 valence electrons. The van der Waals surface area contributed by atoms with Crippen LogP contribution in [0.2, 0.25) is 0 Å². The number of nitrogens with zero attached hydrogens (tertiary/aromatic N) is 1. The number of anilines is 1. The Bertz CT molecular complexity index is 486. The summed E-state index contributed by atoms with van der Waals surface area (Å²) in [6.45, 7) is 2.36. The minimum Gasteiger partial charge on any atom is -0.457 e. The van der Waals surface area contributed by atoms with Gasteiger partial charge >= 0.3 is 0 Å². The van der Waals surface area contributed by atoms with Crippen LogP contribution >= 0.6 is 0 Å². The standard InChI is InChI=1S/C16H17NO/c1-2-6-15(7-3-1)18-16-10-8-14(9-11-16)17-12-4-5-13-17/h1-3,6-11H,4-5,12-13H2. The van der Waals surface area contributed by atoms with Crippen LogP contribution in [0.25, 0.3) is 0 Å². The van der Waals surface area contributed by atoms with E-state index in [4.69, 9.17) is 4.74 Å². The van der Waals surface area contributed by atoms with Gasteiger partial charge in [-0.25, -0.2) is 0 Å². The maximum Gasteiger partial charge on any atom is 0.127 e. The van der Waals surface area contributed by atoms with E-state index < -0.39 is 0 Å². The van der Waals surface area contributed by atoms with Crippen molar-refractivity contribution in [2.75, 3.05) is 18.0 Å². The van der Waals surface area contributed by atoms with Crippen LogP contribution in [-0.4, -0.2) is 13.1 Å². The zero-order valence-corrected chi connectivity index (χ0v) is 10.4. The molecule has 2 aromatic carbocycles. The predicted molar refractivity (Wildman–Crippen MR) is 74.4 cm³/mol. The van der Waals surface area contributed by atoms with Gasteiger partial charge in [-0.2, -0.15) is 0 Å². The topological polar surface area (TPSA) is 12.5 Å². The molecular weight excluding hydrogens is 222 g/mol. The summed E-state index contributed by atoms with van der Waals surface area (Å²) in [4.78, 5) is 2.42. The molecule has 0 amide bonds. The second-order valence-electron chi connectivity index (χ2n) is 4.60. The average Bonchev–Trinajstić information content (AvgIpc) is 2.95. The minimum absolute atomic E-state index is 0.881. The molecule has 1 saturated heterocycles. The van der Waals surface area contributed by atoms with E-state index in [0.717, 1.165) is 11.5 Å². The van der Waals surface area contributed by atoms with Gasteiger partial charge in [-0.15, -0.1) is 0 Å². The number of benzene rings is 2. The van der Waals surface area contributed by atoms with Gasteiger partial charge in [0.05, 0.1) is 0 Å². The molecule has 1 aliphatic rings. The van der Waals surface area contributed by atoms with Crippen molar-refractivity contribution in [2.24, 2.45) is 0 Å². The van der Waals surface area contributed by atoms with Crippen molar-refractivity contribution in [3.63, 3.8) is 0 Å². The molecule has 1 fully saturated rings. The summed E-state index contributed by atoms with van der Waals surface area (Å²) < 4.78 is 5.78. The summed E-state index contributed by atoms with van der Waals surface area (Å²) in [6.07, 6.45) is 2.62. The molecule has 0 bridgehead atoms. The summed E-state index contributed by atoms with van der Waals surface area (Å²) >= 11 is 0. The van der Waals surface area contributed by atoms with Gasteiger partial charge in [0.1, 0.15) is 11.5 Å². The van der Waals surface area contributed by atoms with Crippen LogP contribution in [-0.2, 0) is 0 Å². The first-order valence-corrected chi connectivity index (χ1v) is 6.50. The van der Waals surface area contributed by atoms with E-state index in [2.05, 4.69) is 17.0 Å². The molecule has 1 aliphatic heterocycles. The molecule has 0 aromatic heterocycles. The predicted octanol–water partition coefficient (Wildman–Crippen LogP) is 4.08. The Kier molecular flexibility index (Phi) is 3.18. The Labute approximate surface area is 108 Å². The largest absolute Gasteiger partial charge is 0.457 e. The number of rotatable bonds is 3. The van der Waals surface area contributed by atoms with Crippen molar-refractivity contribution in [1.29, 1.82) is 0 Å². The zero-order chi connectivity index (χ0) is 12.2. The van der Waals surface area contributed by atoms with Crippen molar-refractivity contribution >= 4 is 5.69 Å². The third-order valence-corrected chi connectivity index (χ3v) is 3.29. The Morgan fingerprint density at radius 3 is 2.00 bits per heavy atom. The van der Waals surface area contributed by atoms with Crippen LogP contribution < -0.4 is 9.64 Å². The van der Waals surface area contributed by atoms with Crippen LogP contribution in [0.5, 0.6) is 11.5 Å². The van der Waals surface area contributed by atoms with Gasteiger partial charge in [-0.3, -0.25) is 0 Å². The van der Waals surface area contributed by atoms with Gasteiger partial charge in [-0.1, -0.05) is 18.2 Å². The molecule has 0 radical (unpaired) electrons. The van der Waals surface area contributed by atoms with Gasteiger partial charge < -0.3 is 9.64 Å². The van der Waals surface area contributed by atoms with Gasteiger partial charge in [-0.05, 0) is 49.2 Å². The summed E-state index contributed by atoms with van der Waals surface area (Å²) in [5, 5.41) is 0. The molecule has 0 spiro atoms. The van der Waals surface area contributed by atoms with Crippen LogP contribution in [0.1, 0.15) is 12.8 Å². The second-order valence-corrected chi connectivity index (χ2v) is 4.60. The smallest absolute Gasteiger partial charge is 0.127 e. The van der Waals surface area contributed by atoms with Crippen LogP contribution in [0, 0.1) is 0 Å². The Morgan fingerprint density at radius 2 is 1.33 bits per heavy atom. The highest BCUT2D eigenvalue weighted by Crippen LogP contribution is 2.25. The lowest BCUT2D eigenvalue weighted by atomic mass is 10.3. The molecule has 0 unspecified atom stereocenters. The van der Waals surface area contributed by atoms with E-state index in [1.54, 1.807) is 0 Å². The highest BCUT2D eigenvalue weighted by molar-refractivity contribution is 5.50. The molecule has 2 aromatic rings. The highest BCUT2D eigenvalue weighted by atomic mass is 16.5. The Balaban J connectivity index is 1.71. The molecule has 2 heteroatoms. The summed E-state index contributed by atoms with van der Waals surface area (Å²) in [6, 6.07) is 18.3. The number of ether oxygens (including phenoxy) is 1. The first-order chi connectivity index (χ1) is 8.92. The minimum atomic E-state index is 0.881. The van der Waals surface area contributed by atoms with Crippen molar-refractivity contribution in [3.05, 3.63) is 54.6 Å². The van der Waals surface area contributed by atoms with Crippen molar-refractivity contribution in [1.82, 2.24) is 0 Å². The lowest BCUT2D eigenvalue weighted by Crippen LogP contribution is -2.17. The molecule has 0 aliphatic carbocycles. The summed E-state index contributed by atoms with van der Waals surface area (Å²) in [7, 11) is 0. The summed E-state index contributed by atoms with van der Waals surface area (Å²) in [5.74, 6) is 1.77. The molecule has 0 saturated carbocycles. The summed E-state index contributed by atoms with van der Waals surface area (Å²) in [5.41, 5.74) is 1.30. The fourth-order valence-electron chi connectivity index (χ4n) is 2.32. The third kappa shape index (κ3) is 2.48. The zero-order valence-electron chi connectivity index (χ0n) is 10.4. The average molecular weight is 239 g/mol. The van der Waals surface area contributed by atoms with E-state index in [0.29, 0.717) is 0 Å². The molecule has 3 rings (SSSR count). The van der Waals surface area contributed by atoms with Crippen LogP contribution in [0.4, 0.5) is 5.69 Å². The van der Waals surface area contributed by atoms with E-state index in [1.165, 1.54) is 31.6 Å². The van der Waals surface area contributed by atoms with Crippen molar-refractivity contribution in [2.45, 2.75) is 12.8 Å². The fourth-order valence-corrected chi connectivity index (χ4v) is 2.32. The van der Waals surface area contributed by atoms with E-state index in [9.17, 15) is 0 Å². The number of hydrogen-bond acceptors (Lipinski definition) is 2. The lowest BCUT2D eigenvalue weighted by molar-refractivity contribution is 0.482. The van der Waals surface area contributed by atoms with Gasteiger partial charge in [0.25, 0.3) is 0 Å². The Morgan fingerprint density at radius 1 is 0.722 bits per heavy atom. The van der Waals surface area contributed by atoms with Gasteiger partial charge in [0.15, 0.2) is 0 Å². The fraction of sp³-hybridized carbons (Fsp3) is 0.250. The van der Waals surface area contributed by atoms with E-state index >= 15 is 0 Å². The second kappa shape index (κ2) is 5.13. The highest BCUT2D eigenvalue weighted by Gasteiger charge is 2.11.